The number of hydrogen-bond acceptors (Lipinski definition) is 2. The number of ether oxygens (including phenoxy) is 1. The molecule has 2 rings (SSSR count). The molecule has 0 fully saturated rings. The van der Waals surface area contributed by atoms with Crippen LogP contribution in [0.25, 0.3) is 0 Å². The average Bonchev–Trinajstić information content (AvgIpc) is 2.33. The highest BCUT2D eigenvalue weighted by molar-refractivity contribution is 6.31. The summed E-state index contributed by atoms with van der Waals surface area (Å²) in [5, 5.41) is -0.0200. The van der Waals surface area contributed by atoms with Gasteiger partial charge in [0.25, 0.3) is 0 Å². The van der Waals surface area contributed by atoms with Gasteiger partial charge in [-0.2, -0.15) is 0 Å². The van der Waals surface area contributed by atoms with Gasteiger partial charge in [-0.15, -0.1) is 0 Å². The first kappa shape index (κ1) is 12.6. The lowest BCUT2D eigenvalue weighted by Crippen LogP contribution is -1.99. The van der Waals surface area contributed by atoms with Gasteiger partial charge >= 0.3 is 0 Å². The highest BCUT2D eigenvalue weighted by Crippen LogP contribution is 2.24. The smallest absolute Gasteiger partial charge is 0.167 e. The van der Waals surface area contributed by atoms with Crippen molar-refractivity contribution in [2.24, 2.45) is 0 Å². The summed E-state index contributed by atoms with van der Waals surface area (Å²) in [6.45, 7) is -0.0164. The summed E-state index contributed by atoms with van der Waals surface area (Å²) in [7, 11) is 0. The van der Waals surface area contributed by atoms with Crippen LogP contribution in [0.1, 0.15) is 5.56 Å². The number of nitrogen functional groups attached to an aromatic ring is 1. The van der Waals surface area contributed by atoms with Crippen molar-refractivity contribution >= 4 is 17.3 Å². The Hall–Kier alpha value is -1.81. The molecule has 0 heterocycles. The van der Waals surface area contributed by atoms with E-state index in [1.165, 1.54) is 24.3 Å². The van der Waals surface area contributed by atoms with E-state index < -0.39 is 11.6 Å². The monoisotopic (exact) mass is 269 g/mol. The van der Waals surface area contributed by atoms with Gasteiger partial charge < -0.3 is 10.5 Å². The van der Waals surface area contributed by atoms with Crippen LogP contribution in [-0.2, 0) is 6.61 Å². The van der Waals surface area contributed by atoms with E-state index in [4.69, 9.17) is 22.1 Å². The van der Waals surface area contributed by atoms with Crippen LogP contribution in [0.4, 0.5) is 14.5 Å². The molecule has 2 N–H and O–H groups in total. The van der Waals surface area contributed by atoms with Crippen LogP contribution in [0.5, 0.6) is 5.75 Å². The lowest BCUT2D eigenvalue weighted by Gasteiger charge is -2.09. The first-order chi connectivity index (χ1) is 8.58. The van der Waals surface area contributed by atoms with Gasteiger partial charge in [-0.05, 0) is 18.2 Å². The lowest BCUT2D eigenvalue weighted by molar-refractivity contribution is 0.290. The van der Waals surface area contributed by atoms with E-state index in [2.05, 4.69) is 0 Å². The van der Waals surface area contributed by atoms with Crippen molar-refractivity contribution in [2.45, 2.75) is 6.61 Å². The van der Waals surface area contributed by atoms with Gasteiger partial charge in [0.05, 0.1) is 5.02 Å². The first-order valence-corrected chi connectivity index (χ1v) is 5.56. The number of anilines is 1. The third kappa shape index (κ3) is 2.71. The summed E-state index contributed by atoms with van der Waals surface area (Å²) in [5.41, 5.74) is 6.17. The average molecular weight is 270 g/mol. The predicted molar refractivity (Wildman–Crippen MR) is 66.6 cm³/mol. The minimum Gasteiger partial charge on any atom is -0.486 e. The van der Waals surface area contributed by atoms with Gasteiger partial charge in [-0.25, -0.2) is 8.78 Å². The molecular weight excluding hydrogens is 260 g/mol. The van der Waals surface area contributed by atoms with Crippen molar-refractivity contribution in [2.75, 3.05) is 5.73 Å². The molecule has 0 spiro atoms. The van der Waals surface area contributed by atoms with Gasteiger partial charge in [0, 0.05) is 17.3 Å². The third-order valence-corrected chi connectivity index (χ3v) is 2.79. The molecule has 0 aliphatic carbocycles. The summed E-state index contributed by atoms with van der Waals surface area (Å²) in [6.07, 6.45) is 0. The standard InChI is InChI=1S/C13H10ClF2NO/c14-13-8(2-1-3-10(13)15)7-18-12-5-4-9(17)6-11(12)16/h1-6H,7,17H2. The van der Waals surface area contributed by atoms with Gasteiger partial charge in [-0.3, -0.25) is 0 Å². The molecule has 0 radical (unpaired) electrons. The van der Waals surface area contributed by atoms with Crippen LogP contribution in [0.15, 0.2) is 36.4 Å². The van der Waals surface area contributed by atoms with Gasteiger partial charge in [0.2, 0.25) is 0 Å². The highest BCUT2D eigenvalue weighted by atomic mass is 35.5. The summed E-state index contributed by atoms with van der Waals surface area (Å²) in [5.74, 6) is -1.05. The molecule has 0 bridgehead atoms. The number of hydrogen-bond donors (Lipinski definition) is 1. The van der Waals surface area contributed by atoms with Crippen molar-refractivity contribution in [3.05, 3.63) is 58.6 Å². The van der Waals surface area contributed by atoms with E-state index in [0.717, 1.165) is 6.07 Å². The number of benzene rings is 2. The van der Waals surface area contributed by atoms with E-state index in [1.54, 1.807) is 6.07 Å². The molecule has 0 saturated heterocycles. The molecule has 18 heavy (non-hydrogen) atoms. The molecule has 0 amide bonds. The Morgan fingerprint density at radius 1 is 1.11 bits per heavy atom. The van der Waals surface area contributed by atoms with E-state index >= 15 is 0 Å². The SMILES string of the molecule is Nc1ccc(OCc2cccc(F)c2Cl)c(F)c1. The molecule has 0 aliphatic heterocycles. The van der Waals surface area contributed by atoms with Crippen molar-refractivity contribution < 1.29 is 13.5 Å². The van der Waals surface area contributed by atoms with E-state index in [1.807, 2.05) is 0 Å². The molecule has 2 nitrogen and oxygen atoms in total. The third-order valence-electron chi connectivity index (χ3n) is 2.37. The lowest BCUT2D eigenvalue weighted by atomic mass is 10.2. The largest absolute Gasteiger partial charge is 0.486 e. The molecule has 0 saturated carbocycles. The fourth-order valence-electron chi connectivity index (χ4n) is 1.45. The van der Waals surface area contributed by atoms with E-state index in [0.29, 0.717) is 11.3 Å². The van der Waals surface area contributed by atoms with Crippen LogP contribution in [0, 0.1) is 11.6 Å². The summed E-state index contributed by atoms with van der Waals surface area (Å²) < 4.78 is 31.8. The van der Waals surface area contributed by atoms with Gasteiger partial charge in [-0.1, -0.05) is 23.7 Å². The zero-order valence-corrected chi connectivity index (χ0v) is 10.0. The Bertz CT molecular complexity index is 575. The van der Waals surface area contributed by atoms with Crippen molar-refractivity contribution in [1.82, 2.24) is 0 Å². The molecule has 0 aromatic heterocycles. The van der Waals surface area contributed by atoms with Crippen LogP contribution in [0.2, 0.25) is 5.02 Å². The molecule has 0 unspecified atom stereocenters. The molecule has 0 aliphatic rings. The maximum Gasteiger partial charge on any atom is 0.167 e. The Balaban J connectivity index is 2.14. The van der Waals surface area contributed by atoms with Crippen molar-refractivity contribution in [3.63, 3.8) is 0 Å². The van der Waals surface area contributed by atoms with Crippen molar-refractivity contribution in [3.8, 4) is 5.75 Å². The van der Waals surface area contributed by atoms with Crippen LogP contribution in [-0.4, -0.2) is 0 Å². The fourth-order valence-corrected chi connectivity index (χ4v) is 1.63. The van der Waals surface area contributed by atoms with Crippen LogP contribution >= 0.6 is 11.6 Å². The van der Waals surface area contributed by atoms with Crippen LogP contribution < -0.4 is 10.5 Å². The molecule has 2 aromatic carbocycles. The number of nitrogens with two attached hydrogens (primary N) is 1. The molecule has 94 valence electrons. The Kier molecular flexibility index (Phi) is 3.67. The van der Waals surface area contributed by atoms with E-state index in [9.17, 15) is 8.78 Å². The zero-order chi connectivity index (χ0) is 13.1. The predicted octanol–water partition coefficient (Wildman–Crippen LogP) is 3.78. The van der Waals surface area contributed by atoms with Gasteiger partial charge in [0.1, 0.15) is 12.4 Å². The minimum atomic E-state index is -0.567. The maximum absolute atomic E-state index is 13.4. The van der Waals surface area contributed by atoms with Crippen LogP contribution in [0.3, 0.4) is 0 Å². The molecule has 5 heteroatoms. The molecule has 2 aromatic rings. The quantitative estimate of drug-likeness (QED) is 0.861. The maximum atomic E-state index is 13.4. The van der Waals surface area contributed by atoms with Gasteiger partial charge in [0.15, 0.2) is 11.6 Å². The Morgan fingerprint density at radius 2 is 1.89 bits per heavy atom. The fraction of sp³-hybridized carbons (Fsp3) is 0.0769. The summed E-state index contributed by atoms with van der Waals surface area (Å²) in [6, 6.07) is 8.46. The molecule has 0 atom stereocenters. The second-order valence-corrected chi connectivity index (χ2v) is 4.07. The normalized spacial score (nSPS) is 10.4. The minimum absolute atomic E-state index is 0.0164. The van der Waals surface area contributed by atoms with Crippen molar-refractivity contribution in [1.29, 1.82) is 0 Å². The first-order valence-electron chi connectivity index (χ1n) is 5.18. The molecular formula is C13H10ClF2NO. The topological polar surface area (TPSA) is 35.2 Å². The van der Waals surface area contributed by atoms with E-state index in [-0.39, 0.29) is 17.4 Å². The summed E-state index contributed by atoms with van der Waals surface area (Å²) >= 11 is 5.76. The second kappa shape index (κ2) is 5.23. The Morgan fingerprint density at radius 3 is 2.61 bits per heavy atom. The number of rotatable bonds is 3. The Labute approximate surface area is 108 Å². The number of halogens is 3. The highest BCUT2D eigenvalue weighted by Gasteiger charge is 2.08. The second-order valence-electron chi connectivity index (χ2n) is 3.69. The zero-order valence-electron chi connectivity index (χ0n) is 9.29. The summed E-state index contributed by atoms with van der Waals surface area (Å²) in [4.78, 5) is 0.